The van der Waals surface area contributed by atoms with Gasteiger partial charge < -0.3 is 5.32 Å². The van der Waals surface area contributed by atoms with E-state index in [1.54, 1.807) is 36.7 Å². The number of anilines is 1. The number of halogens is 1. The summed E-state index contributed by atoms with van der Waals surface area (Å²) in [5.41, 5.74) is 1.17. The van der Waals surface area contributed by atoms with Crippen LogP contribution in [0.4, 0.5) is 9.52 Å². The molecular formula is C15H11FN4OS. The van der Waals surface area contributed by atoms with Gasteiger partial charge in [0, 0.05) is 18.0 Å². The van der Waals surface area contributed by atoms with Gasteiger partial charge in [0.1, 0.15) is 5.82 Å². The molecule has 110 valence electrons. The lowest BCUT2D eigenvalue weighted by atomic mass is 10.1. The van der Waals surface area contributed by atoms with E-state index in [1.807, 2.05) is 6.07 Å². The highest BCUT2D eigenvalue weighted by Gasteiger charge is 2.11. The molecule has 1 aromatic carbocycles. The van der Waals surface area contributed by atoms with Gasteiger partial charge in [0.25, 0.3) is 0 Å². The van der Waals surface area contributed by atoms with Gasteiger partial charge in [0.2, 0.25) is 11.0 Å². The molecule has 0 fully saturated rings. The summed E-state index contributed by atoms with van der Waals surface area (Å²) in [6.45, 7) is 0. The quantitative estimate of drug-likeness (QED) is 0.804. The van der Waals surface area contributed by atoms with Gasteiger partial charge in [-0.1, -0.05) is 29.5 Å². The summed E-state index contributed by atoms with van der Waals surface area (Å²) in [7, 11) is 0. The molecule has 0 atom stereocenters. The minimum Gasteiger partial charge on any atom is -0.300 e. The molecule has 0 spiro atoms. The zero-order valence-corrected chi connectivity index (χ0v) is 12.2. The summed E-state index contributed by atoms with van der Waals surface area (Å²) in [5, 5.41) is 11.6. The molecule has 1 amide bonds. The van der Waals surface area contributed by atoms with Crippen LogP contribution in [0, 0.1) is 5.82 Å². The molecule has 7 heteroatoms. The Kier molecular flexibility index (Phi) is 4.15. The lowest BCUT2D eigenvalue weighted by Crippen LogP contribution is -2.15. The Hall–Kier alpha value is -2.67. The van der Waals surface area contributed by atoms with Crippen LogP contribution in [0.1, 0.15) is 5.56 Å². The van der Waals surface area contributed by atoms with Crippen LogP contribution in [0.2, 0.25) is 0 Å². The summed E-state index contributed by atoms with van der Waals surface area (Å²) in [6, 6.07) is 9.84. The zero-order chi connectivity index (χ0) is 15.4. The number of hydrogen-bond acceptors (Lipinski definition) is 5. The number of amides is 1. The summed E-state index contributed by atoms with van der Waals surface area (Å²) in [4.78, 5) is 15.9. The monoisotopic (exact) mass is 314 g/mol. The van der Waals surface area contributed by atoms with Crippen molar-refractivity contribution >= 4 is 22.4 Å². The summed E-state index contributed by atoms with van der Waals surface area (Å²) in [6.07, 6.45) is 3.29. The van der Waals surface area contributed by atoms with E-state index >= 15 is 0 Å². The minimum atomic E-state index is -0.397. The highest BCUT2D eigenvalue weighted by Crippen LogP contribution is 2.25. The van der Waals surface area contributed by atoms with Crippen LogP contribution < -0.4 is 5.32 Å². The second-order valence-corrected chi connectivity index (χ2v) is 5.45. The smallest absolute Gasteiger partial charge is 0.230 e. The van der Waals surface area contributed by atoms with Gasteiger partial charge in [0.05, 0.1) is 6.42 Å². The zero-order valence-electron chi connectivity index (χ0n) is 11.4. The molecule has 0 aliphatic heterocycles. The van der Waals surface area contributed by atoms with E-state index in [0.29, 0.717) is 15.7 Å². The average molecular weight is 314 g/mol. The lowest BCUT2D eigenvalue weighted by molar-refractivity contribution is -0.115. The van der Waals surface area contributed by atoms with Crippen LogP contribution in [0.25, 0.3) is 10.6 Å². The van der Waals surface area contributed by atoms with E-state index in [-0.39, 0.29) is 12.3 Å². The van der Waals surface area contributed by atoms with Crippen molar-refractivity contribution in [2.45, 2.75) is 6.42 Å². The molecule has 2 heterocycles. The second-order valence-electron chi connectivity index (χ2n) is 4.47. The van der Waals surface area contributed by atoms with Crippen molar-refractivity contribution in [1.82, 2.24) is 15.2 Å². The molecule has 2 aromatic heterocycles. The molecule has 0 saturated heterocycles. The van der Waals surface area contributed by atoms with Crippen molar-refractivity contribution in [2.24, 2.45) is 0 Å². The first-order valence-electron chi connectivity index (χ1n) is 6.49. The lowest BCUT2D eigenvalue weighted by Gasteiger charge is -2.02. The van der Waals surface area contributed by atoms with E-state index in [1.165, 1.54) is 17.4 Å². The van der Waals surface area contributed by atoms with E-state index in [4.69, 9.17) is 0 Å². The number of hydrogen-bond donors (Lipinski definition) is 1. The van der Waals surface area contributed by atoms with Gasteiger partial charge in [-0.2, -0.15) is 0 Å². The second kappa shape index (κ2) is 6.40. The number of carbonyl (C=O) groups is 1. The van der Waals surface area contributed by atoms with E-state index in [0.717, 1.165) is 5.56 Å². The standard InChI is InChI=1S/C15H11FN4OS/c16-12-6-2-1-4-10(12)8-13(21)18-15-20-19-14(22-15)11-5-3-7-17-9-11/h1-7,9H,8H2,(H,18,20,21). The van der Waals surface area contributed by atoms with E-state index in [2.05, 4.69) is 20.5 Å². The normalized spacial score (nSPS) is 10.4. The molecular weight excluding hydrogens is 303 g/mol. The highest BCUT2D eigenvalue weighted by molar-refractivity contribution is 7.18. The summed E-state index contributed by atoms with van der Waals surface area (Å²) in [5.74, 6) is -0.732. The summed E-state index contributed by atoms with van der Waals surface area (Å²) < 4.78 is 13.5. The Balaban J connectivity index is 1.68. The van der Waals surface area contributed by atoms with Gasteiger partial charge in [0.15, 0.2) is 5.01 Å². The number of pyridine rings is 1. The van der Waals surface area contributed by atoms with Crippen molar-refractivity contribution in [1.29, 1.82) is 0 Å². The maximum Gasteiger partial charge on any atom is 0.230 e. The van der Waals surface area contributed by atoms with Crippen LogP contribution in [-0.4, -0.2) is 21.1 Å². The maximum atomic E-state index is 13.5. The van der Waals surface area contributed by atoms with Crippen LogP contribution >= 0.6 is 11.3 Å². The number of rotatable bonds is 4. The molecule has 0 unspecified atom stereocenters. The van der Waals surface area contributed by atoms with Crippen molar-refractivity contribution < 1.29 is 9.18 Å². The third kappa shape index (κ3) is 3.32. The van der Waals surface area contributed by atoms with Gasteiger partial charge >= 0.3 is 0 Å². The van der Waals surface area contributed by atoms with Crippen molar-refractivity contribution in [3.63, 3.8) is 0 Å². The van der Waals surface area contributed by atoms with Gasteiger partial charge in [-0.05, 0) is 23.8 Å². The fraction of sp³-hybridized carbons (Fsp3) is 0.0667. The predicted molar refractivity (Wildman–Crippen MR) is 81.9 cm³/mol. The first-order valence-corrected chi connectivity index (χ1v) is 7.31. The van der Waals surface area contributed by atoms with Crippen LogP contribution in [0.5, 0.6) is 0 Å². The molecule has 1 N–H and O–H groups in total. The largest absolute Gasteiger partial charge is 0.300 e. The molecule has 0 aliphatic carbocycles. The van der Waals surface area contributed by atoms with Crippen molar-refractivity contribution in [3.05, 3.63) is 60.2 Å². The first kappa shape index (κ1) is 14.3. The SMILES string of the molecule is O=C(Cc1ccccc1F)Nc1nnc(-c2cccnc2)s1. The van der Waals surface area contributed by atoms with Gasteiger partial charge in [-0.15, -0.1) is 10.2 Å². The predicted octanol–water partition coefficient (Wildman–Crippen LogP) is 2.92. The Labute approximate surface area is 129 Å². The molecule has 22 heavy (non-hydrogen) atoms. The Morgan fingerprint density at radius 1 is 1.18 bits per heavy atom. The van der Waals surface area contributed by atoms with Gasteiger partial charge in [-0.3, -0.25) is 9.78 Å². The fourth-order valence-electron chi connectivity index (χ4n) is 1.86. The molecule has 3 aromatic rings. The average Bonchev–Trinajstić information content (AvgIpc) is 2.99. The van der Waals surface area contributed by atoms with Gasteiger partial charge in [-0.25, -0.2) is 4.39 Å². The van der Waals surface area contributed by atoms with E-state index in [9.17, 15) is 9.18 Å². The van der Waals surface area contributed by atoms with Crippen LogP contribution in [0.15, 0.2) is 48.8 Å². The van der Waals surface area contributed by atoms with Crippen LogP contribution in [0.3, 0.4) is 0 Å². The minimum absolute atomic E-state index is 0.0471. The highest BCUT2D eigenvalue weighted by atomic mass is 32.1. The Morgan fingerprint density at radius 2 is 2.05 bits per heavy atom. The maximum absolute atomic E-state index is 13.5. The fourth-order valence-corrected chi connectivity index (χ4v) is 2.61. The van der Waals surface area contributed by atoms with E-state index < -0.39 is 5.82 Å². The van der Waals surface area contributed by atoms with Crippen LogP contribution in [-0.2, 0) is 11.2 Å². The number of nitrogens with zero attached hydrogens (tertiary/aromatic N) is 3. The van der Waals surface area contributed by atoms with Crippen molar-refractivity contribution in [2.75, 3.05) is 5.32 Å². The molecule has 0 saturated carbocycles. The Bertz CT molecular complexity index is 791. The number of benzene rings is 1. The number of carbonyl (C=O) groups excluding carboxylic acids is 1. The molecule has 0 radical (unpaired) electrons. The third-order valence-electron chi connectivity index (χ3n) is 2.89. The number of aromatic nitrogens is 3. The molecule has 5 nitrogen and oxygen atoms in total. The first-order chi connectivity index (χ1) is 10.7. The molecule has 0 aliphatic rings. The molecule has 0 bridgehead atoms. The number of nitrogens with one attached hydrogen (secondary N) is 1. The topological polar surface area (TPSA) is 67.8 Å². The third-order valence-corrected chi connectivity index (χ3v) is 3.78. The Morgan fingerprint density at radius 3 is 2.82 bits per heavy atom. The van der Waals surface area contributed by atoms with Crippen molar-refractivity contribution in [3.8, 4) is 10.6 Å². The molecule has 3 rings (SSSR count). The summed E-state index contributed by atoms with van der Waals surface area (Å²) >= 11 is 1.24.